The minimum absolute atomic E-state index is 0.0576. The summed E-state index contributed by atoms with van der Waals surface area (Å²) in [6.07, 6.45) is 0. The molecule has 1 heterocycles. The summed E-state index contributed by atoms with van der Waals surface area (Å²) in [5.41, 5.74) is 24.2. The van der Waals surface area contributed by atoms with Gasteiger partial charge in [-0.2, -0.15) is 0 Å². The van der Waals surface area contributed by atoms with E-state index in [0.29, 0.717) is 0 Å². The van der Waals surface area contributed by atoms with E-state index < -0.39 is 0 Å². The Kier molecular flexibility index (Phi) is 10.6. The molecule has 2 nitrogen and oxygen atoms in total. The standard InChI is InChI=1S/C73H52N2/c1-73(2)69-22-8-5-19-65(69)66-44-37-60(48-70(66)73)54-35-42-63(43-36-54)74(62-40-33-53(34-41-62)56-15-11-16-57(45-56)59-30-29-49-13-3-4-14-55(49)46-59)61-38-31-51(32-39-61)50-25-27-52(28-26-50)58-17-12-18-64(47-58)75-71-23-9-6-20-67(71)68-21-7-10-24-72(68)75/h3-48H,1-2H3. The Morgan fingerprint density at radius 1 is 0.280 bits per heavy atom. The van der Waals surface area contributed by atoms with Crippen LogP contribution in [0.25, 0.3) is 105 Å². The Balaban J connectivity index is 0.779. The summed E-state index contributed by atoms with van der Waals surface area (Å²) in [4.78, 5) is 2.37. The first-order valence-electron chi connectivity index (χ1n) is 26.1. The van der Waals surface area contributed by atoms with Crippen LogP contribution in [0, 0.1) is 0 Å². The first kappa shape index (κ1) is 44.2. The van der Waals surface area contributed by atoms with Gasteiger partial charge in [0, 0.05) is 38.9 Å². The topological polar surface area (TPSA) is 8.17 Å². The fourth-order valence-electron chi connectivity index (χ4n) is 11.9. The highest BCUT2D eigenvalue weighted by Gasteiger charge is 2.35. The SMILES string of the molecule is CC1(C)c2ccccc2-c2ccc(-c3ccc(N(c4ccc(-c5ccc(-c6cccc(-n7c8ccccc8c8ccccc87)c6)cc5)cc4)c4ccc(-c5cccc(-c6ccc7ccccc7c6)c5)cc4)cc3)cc21. The zero-order chi connectivity index (χ0) is 50.0. The van der Waals surface area contributed by atoms with Gasteiger partial charge >= 0.3 is 0 Å². The number of nitrogens with zero attached hydrogens (tertiary/aromatic N) is 2. The molecule has 0 N–H and O–H groups in total. The minimum Gasteiger partial charge on any atom is -0.311 e. The molecule has 0 unspecified atom stereocenters. The van der Waals surface area contributed by atoms with Gasteiger partial charge in [-0.05, 0) is 168 Å². The Hall–Kier alpha value is -9.50. The first-order chi connectivity index (χ1) is 36.9. The molecule has 0 fully saturated rings. The Morgan fingerprint density at radius 2 is 0.693 bits per heavy atom. The van der Waals surface area contributed by atoms with Gasteiger partial charge in [-0.3, -0.25) is 0 Å². The van der Waals surface area contributed by atoms with Crippen molar-refractivity contribution in [3.63, 3.8) is 0 Å². The molecule has 13 aromatic rings. The Labute approximate surface area is 438 Å². The van der Waals surface area contributed by atoms with E-state index in [0.717, 1.165) is 22.7 Å². The Bertz CT molecular complexity index is 4240. The monoisotopic (exact) mass is 956 g/mol. The van der Waals surface area contributed by atoms with Crippen molar-refractivity contribution in [1.82, 2.24) is 4.57 Å². The van der Waals surface area contributed by atoms with Gasteiger partial charge in [0.2, 0.25) is 0 Å². The highest BCUT2D eigenvalue weighted by atomic mass is 15.1. The van der Waals surface area contributed by atoms with E-state index in [2.05, 4.69) is 302 Å². The van der Waals surface area contributed by atoms with Crippen LogP contribution in [0.15, 0.2) is 279 Å². The number of hydrogen-bond acceptors (Lipinski definition) is 1. The molecule has 0 spiro atoms. The van der Waals surface area contributed by atoms with E-state index in [4.69, 9.17) is 0 Å². The van der Waals surface area contributed by atoms with Gasteiger partial charge in [-0.25, -0.2) is 0 Å². The average Bonchev–Trinajstić information content (AvgIpc) is 3.96. The summed E-state index contributed by atoms with van der Waals surface area (Å²) in [5, 5.41) is 5.04. The number of anilines is 3. The van der Waals surface area contributed by atoms with Crippen molar-refractivity contribution < 1.29 is 0 Å². The Morgan fingerprint density at radius 3 is 1.31 bits per heavy atom. The van der Waals surface area contributed by atoms with Crippen LogP contribution in [-0.4, -0.2) is 4.57 Å². The first-order valence-corrected chi connectivity index (χ1v) is 26.1. The van der Waals surface area contributed by atoms with E-state index in [1.54, 1.807) is 0 Å². The maximum Gasteiger partial charge on any atom is 0.0541 e. The third kappa shape index (κ3) is 7.73. The van der Waals surface area contributed by atoms with Gasteiger partial charge < -0.3 is 9.47 Å². The number of aromatic nitrogens is 1. The number of hydrogen-bond donors (Lipinski definition) is 0. The lowest BCUT2D eigenvalue weighted by molar-refractivity contribution is 0.660. The summed E-state index contributed by atoms with van der Waals surface area (Å²) in [6.45, 7) is 4.70. The molecule has 1 aliphatic carbocycles. The molecule has 1 aromatic heterocycles. The van der Waals surface area contributed by atoms with Crippen molar-refractivity contribution in [3.8, 4) is 72.4 Å². The second-order valence-electron chi connectivity index (χ2n) is 20.5. The van der Waals surface area contributed by atoms with Crippen molar-refractivity contribution in [2.75, 3.05) is 4.90 Å². The smallest absolute Gasteiger partial charge is 0.0541 e. The molecule has 354 valence electrons. The average molecular weight is 957 g/mol. The molecule has 0 saturated heterocycles. The van der Waals surface area contributed by atoms with Crippen LogP contribution in [0.4, 0.5) is 17.1 Å². The van der Waals surface area contributed by atoms with E-state index in [1.807, 2.05) is 0 Å². The zero-order valence-electron chi connectivity index (χ0n) is 42.0. The summed E-state index contributed by atoms with van der Waals surface area (Å²) >= 11 is 0. The van der Waals surface area contributed by atoms with Crippen molar-refractivity contribution in [1.29, 1.82) is 0 Å². The van der Waals surface area contributed by atoms with Gasteiger partial charge in [0.25, 0.3) is 0 Å². The summed E-state index contributed by atoms with van der Waals surface area (Å²) in [6, 6.07) is 103. The van der Waals surface area contributed by atoms with Crippen LogP contribution in [-0.2, 0) is 5.41 Å². The molecular weight excluding hydrogens is 905 g/mol. The zero-order valence-corrected chi connectivity index (χ0v) is 42.0. The van der Waals surface area contributed by atoms with Crippen LogP contribution in [0.3, 0.4) is 0 Å². The van der Waals surface area contributed by atoms with Gasteiger partial charge in [0.05, 0.1) is 11.0 Å². The molecule has 1 aliphatic rings. The third-order valence-corrected chi connectivity index (χ3v) is 15.8. The molecule has 0 saturated carbocycles. The second kappa shape index (κ2) is 17.9. The maximum atomic E-state index is 2.41. The highest BCUT2D eigenvalue weighted by molar-refractivity contribution is 6.09. The highest BCUT2D eigenvalue weighted by Crippen LogP contribution is 2.50. The quantitative estimate of drug-likeness (QED) is 0.140. The van der Waals surface area contributed by atoms with E-state index >= 15 is 0 Å². The molecule has 14 rings (SSSR count). The molecule has 0 amide bonds. The van der Waals surface area contributed by atoms with Gasteiger partial charge in [-0.15, -0.1) is 0 Å². The minimum atomic E-state index is -0.0576. The van der Waals surface area contributed by atoms with Crippen molar-refractivity contribution >= 4 is 49.6 Å². The molecule has 75 heavy (non-hydrogen) atoms. The second-order valence-corrected chi connectivity index (χ2v) is 20.5. The number of para-hydroxylation sites is 2. The summed E-state index contributed by atoms with van der Waals surface area (Å²) < 4.78 is 2.39. The fraction of sp³-hybridized carbons (Fsp3) is 0.0411. The largest absolute Gasteiger partial charge is 0.311 e. The predicted octanol–water partition coefficient (Wildman–Crippen LogP) is 20.0. The van der Waals surface area contributed by atoms with Crippen molar-refractivity contribution in [2.24, 2.45) is 0 Å². The van der Waals surface area contributed by atoms with Crippen LogP contribution in [0.1, 0.15) is 25.0 Å². The van der Waals surface area contributed by atoms with Crippen LogP contribution < -0.4 is 4.90 Å². The molecule has 0 aliphatic heterocycles. The molecule has 2 heteroatoms. The predicted molar refractivity (Wildman–Crippen MR) is 318 cm³/mol. The number of benzene rings is 12. The summed E-state index contributed by atoms with van der Waals surface area (Å²) in [5.74, 6) is 0. The molecule has 0 atom stereocenters. The molecule has 0 radical (unpaired) electrons. The molecular formula is C73H52N2. The lowest BCUT2D eigenvalue weighted by Crippen LogP contribution is -2.14. The molecule has 0 bridgehead atoms. The third-order valence-electron chi connectivity index (χ3n) is 15.8. The van der Waals surface area contributed by atoms with Crippen LogP contribution >= 0.6 is 0 Å². The van der Waals surface area contributed by atoms with Gasteiger partial charge in [0.1, 0.15) is 0 Å². The molecule has 12 aromatic carbocycles. The van der Waals surface area contributed by atoms with Crippen molar-refractivity contribution in [3.05, 3.63) is 290 Å². The van der Waals surface area contributed by atoms with Crippen LogP contribution in [0.5, 0.6) is 0 Å². The number of rotatable bonds is 9. The lowest BCUT2D eigenvalue weighted by atomic mass is 9.81. The maximum absolute atomic E-state index is 2.41. The van der Waals surface area contributed by atoms with Crippen molar-refractivity contribution in [2.45, 2.75) is 19.3 Å². The van der Waals surface area contributed by atoms with E-state index in [9.17, 15) is 0 Å². The normalized spacial score (nSPS) is 12.5. The van der Waals surface area contributed by atoms with E-state index in [1.165, 1.54) is 110 Å². The van der Waals surface area contributed by atoms with Crippen LogP contribution in [0.2, 0.25) is 0 Å². The summed E-state index contributed by atoms with van der Waals surface area (Å²) in [7, 11) is 0. The lowest BCUT2D eigenvalue weighted by Gasteiger charge is -2.26. The van der Waals surface area contributed by atoms with Gasteiger partial charge in [0.15, 0.2) is 0 Å². The number of fused-ring (bicyclic) bond motifs is 7. The van der Waals surface area contributed by atoms with E-state index in [-0.39, 0.29) is 5.41 Å². The fourth-order valence-corrected chi connectivity index (χ4v) is 11.9. The van der Waals surface area contributed by atoms with Gasteiger partial charge in [-0.1, -0.05) is 214 Å².